The van der Waals surface area contributed by atoms with Crippen LogP contribution in [0.2, 0.25) is 0 Å². The molecule has 1 aliphatic carbocycles. The Balaban J connectivity index is 1.55. The van der Waals surface area contributed by atoms with Crippen molar-refractivity contribution in [1.82, 2.24) is 10.3 Å². The standard InChI is InChI=1S/C24H21N3O3/c1-24(15-25,17-11-12-17)27-22(28)14-30-23(29)19-13-21(16-7-3-2-4-8-16)26-20-10-6-5-9-18(19)20/h2-10,13,17H,11-12,14H2,1H3,(H,27,28)/t24-/m1/s1. The van der Waals surface area contributed by atoms with Gasteiger partial charge in [0.05, 0.1) is 22.8 Å². The molecular weight excluding hydrogens is 378 g/mol. The summed E-state index contributed by atoms with van der Waals surface area (Å²) in [5, 5.41) is 12.7. The van der Waals surface area contributed by atoms with Crippen LogP contribution in [0.4, 0.5) is 0 Å². The van der Waals surface area contributed by atoms with Crippen molar-refractivity contribution in [2.24, 2.45) is 5.92 Å². The summed E-state index contributed by atoms with van der Waals surface area (Å²) in [6.07, 6.45) is 1.82. The van der Waals surface area contributed by atoms with Crippen LogP contribution in [0.25, 0.3) is 22.2 Å². The lowest BCUT2D eigenvalue weighted by Crippen LogP contribution is -2.48. The second-order valence-corrected chi connectivity index (χ2v) is 7.65. The van der Waals surface area contributed by atoms with E-state index in [1.54, 1.807) is 19.1 Å². The van der Waals surface area contributed by atoms with Crippen LogP contribution in [0.5, 0.6) is 0 Å². The van der Waals surface area contributed by atoms with E-state index in [1.807, 2.05) is 48.5 Å². The van der Waals surface area contributed by atoms with Crippen molar-refractivity contribution in [3.63, 3.8) is 0 Å². The summed E-state index contributed by atoms with van der Waals surface area (Å²) in [5.41, 5.74) is 1.62. The van der Waals surface area contributed by atoms with Gasteiger partial charge in [-0.05, 0) is 37.8 Å². The largest absolute Gasteiger partial charge is 0.452 e. The van der Waals surface area contributed by atoms with E-state index >= 15 is 0 Å². The quantitative estimate of drug-likeness (QED) is 0.635. The van der Waals surface area contributed by atoms with Crippen molar-refractivity contribution >= 4 is 22.8 Å². The molecular formula is C24H21N3O3. The Morgan fingerprint density at radius 1 is 1.17 bits per heavy atom. The molecule has 1 aromatic heterocycles. The molecule has 1 aliphatic rings. The first-order chi connectivity index (χ1) is 14.5. The van der Waals surface area contributed by atoms with Crippen LogP contribution in [0.15, 0.2) is 60.7 Å². The van der Waals surface area contributed by atoms with Crippen LogP contribution >= 0.6 is 0 Å². The number of nitriles is 1. The highest BCUT2D eigenvalue weighted by atomic mass is 16.5. The van der Waals surface area contributed by atoms with Gasteiger partial charge in [0.1, 0.15) is 5.54 Å². The van der Waals surface area contributed by atoms with Crippen molar-refractivity contribution in [3.8, 4) is 17.3 Å². The van der Waals surface area contributed by atoms with Crippen molar-refractivity contribution in [2.45, 2.75) is 25.3 Å². The number of carbonyl (C=O) groups excluding carboxylic acids is 2. The van der Waals surface area contributed by atoms with E-state index in [2.05, 4.69) is 16.4 Å². The lowest BCUT2D eigenvalue weighted by molar-refractivity contribution is -0.125. The number of ether oxygens (including phenoxy) is 1. The molecule has 150 valence electrons. The van der Waals surface area contributed by atoms with E-state index in [0.717, 1.165) is 18.4 Å². The third-order valence-corrected chi connectivity index (χ3v) is 5.37. The molecule has 3 aromatic rings. The summed E-state index contributed by atoms with van der Waals surface area (Å²) in [7, 11) is 0. The molecule has 0 bridgehead atoms. The number of esters is 1. The minimum Gasteiger partial charge on any atom is -0.452 e. The number of hydrogen-bond acceptors (Lipinski definition) is 5. The number of nitrogens with zero attached hydrogens (tertiary/aromatic N) is 2. The number of amides is 1. The lowest BCUT2D eigenvalue weighted by Gasteiger charge is -2.22. The molecule has 0 aliphatic heterocycles. The zero-order chi connectivity index (χ0) is 21.1. The highest BCUT2D eigenvalue weighted by Gasteiger charge is 2.43. The SMILES string of the molecule is C[C@](C#N)(NC(=O)COC(=O)c1cc(-c2ccccc2)nc2ccccc12)C1CC1. The smallest absolute Gasteiger partial charge is 0.339 e. The number of benzene rings is 2. The maximum atomic E-state index is 12.8. The van der Waals surface area contributed by atoms with E-state index in [9.17, 15) is 14.9 Å². The van der Waals surface area contributed by atoms with E-state index in [-0.39, 0.29) is 5.92 Å². The Hall–Kier alpha value is -3.72. The molecule has 0 radical (unpaired) electrons. The molecule has 1 N–H and O–H groups in total. The van der Waals surface area contributed by atoms with Crippen molar-refractivity contribution < 1.29 is 14.3 Å². The second kappa shape index (κ2) is 7.96. The monoisotopic (exact) mass is 399 g/mol. The van der Waals surface area contributed by atoms with Crippen molar-refractivity contribution in [3.05, 3.63) is 66.2 Å². The van der Waals surface area contributed by atoms with Gasteiger partial charge in [-0.15, -0.1) is 0 Å². The van der Waals surface area contributed by atoms with Crippen LogP contribution in [0, 0.1) is 17.2 Å². The summed E-state index contributed by atoms with van der Waals surface area (Å²) >= 11 is 0. The normalized spacial score (nSPS) is 15.1. The number of carbonyl (C=O) groups is 2. The van der Waals surface area contributed by atoms with Gasteiger partial charge < -0.3 is 10.1 Å². The summed E-state index contributed by atoms with van der Waals surface area (Å²) in [5.74, 6) is -0.938. The van der Waals surface area contributed by atoms with Crippen LogP contribution in [-0.2, 0) is 9.53 Å². The third-order valence-electron chi connectivity index (χ3n) is 5.37. The summed E-state index contributed by atoms with van der Waals surface area (Å²) < 4.78 is 5.29. The van der Waals surface area contributed by atoms with Crippen LogP contribution in [0.3, 0.4) is 0 Å². The van der Waals surface area contributed by atoms with E-state index in [0.29, 0.717) is 22.2 Å². The highest BCUT2D eigenvalue weighted by molar-refractivity contribution is 6.05. The molecule has 1 saturated carbocycles. The molecule has 6 heteroatoms. The number of hydrogen-bond donors (Lipinski definition) is 1. The third kappa shape index (κ3) is 4.01. The fourth-order valence-corrected chi connectivity index (χ4v) is 3.52. The number of fused-ring (bicyclic) bond motifs is 1. The molecule has 30 heavy (non-hydrogen) atoms. The van der Waals surface area contributed by atoms with Crippen LogP contribution < -0.4 is 5.32 Å². The molecule has 0 unspecified atom stereocenters. The van der Waals surface area contributed by atoms with Crippen molar-refractivity contribution in [2.75, 3.05) is 6.61 Å². The Morgan fingerprint density at radius 2 is 1.87 bits per heavy atom. The number of pyridine rings is 1. The fraction of sp³-hybridized carbons (Fsp3) is 0.250. The predicted molar refractivity (Wildman–Crippen MR) is 112 cm³/mol. The molecule has 1 amide bonds. The van der Waals surface area contributed by atoms with Gasteiger partial charge >= 0.3 is 5.97 Å². The molecule has 0 saturated heterocycles. The van der Waals surface area contributed by atoms with Gasteiger partial charge in [0, 0.05) is 10.9 Å². The minimum atomic E-state index is -0.923. The first-order valence-corrected chi connectivity index (χ1v) is 9.85. The number of aromatic nitrogens is 1. The van der Waals surface area contributed by atoms with Gasteiger partial charge in [-0.2, -0.15) is 5.26 Å². The van der Waals surface area contributed by atoms with Crippen molar-refractivity contribution in [1.29, 1.82) is 5.26 Å². The Labute approximate surface area is 174 Å². The van der Waals surface area contributed by atoms with Gasteiger partial charge in [0.2, 0.25) is 0 Å². The Kier molecular flexibility index (Phi) is 5.20. The summed E-state index contributed by atoms with van der Waals surface area (Å²) in [4.78, 5) is 29.8. The maximum absolute atomic E-state index is 12.8. The second-order valence-electron chi connectivity index (χ2n) is 7.65. The van der Waals surface area contributed by atoms with E-state index in [1.165, 1.54) is 0 Å². The zero-order valence-corrected chi connectivity index (χ0v) is 16.6. The van der Waals surface area contributed by atoms with E-state index < -0.39 is 24.0 Å². The zero-order valence-electron chi connectivity index (χ0n) is 16.6. The number of rotatable bonds is 6. The molecule has 1 fully saturated rings. The first-order valence-electron chi connectivity index (χ1n) is 9.85. The lowest BCUT2D eigenvalue weighted by atomic mass is 9.98. The Morgan fingerprint density at radius 3 is 2.57 bits per heavy atom. The predicted octanol–water partition coefficient (Wildman–Crippen LogP) is 3.87. The van der Waals surface area contributed by atoms with Gasteiger partial charge in [-0.25, -0.2) is 9.78 Å². The molecule has 6 nitrogen and oxygen atoms in total. The summed E-state index contributed by atoms with van der Waals surface area (Å²) in [6, 6.07) is 20.7. The molecule has 2 aromatic carbocycles. The van der Waals surface area contributed by atoms with Gasteiger partial charge in [-0.3, -0.25) is 4.79 Å². The van der Waals surface area contributed by atoms with Gasteiger partial charge in [0.15, 0.2) is 6.61 Å². The highest BCUT2D eigenvalue weighted by Crippen LogP contribution is 2.39. The van der Waals surface area contributed by atoms with Crippen LogP contribution in [0.1, 0.15) is 30.1 Å². The maximum Gasteiger partial charge on any atom is 0.339 e. The van der Waals surface area contributed by atoms with Crippen LogP contribution in [-0.4, -0.2) is 29.0 Å². The molecule has 1 atom stereocenters. The van der Waals surface area contributed by atoms with Gasteiger partial charge in [-0.1, -0.05) is 48.5 Å². The number of para-hydroxylation sites is 1. The molecule has 0 spiro atoms. The fourth-order valence-electron chi connectivity index (χ4n) is 3.52. The number of nitrogens with one attached hydrogen (secondary N) is 1. The van der Waals surface area contributed by atoms with Gasteiger partial charge in [0.25, 0.3) is 5.91 Å². The van der Waals surface area contributed by atoms with E-state index in [4.69, 9.17) is 4.74 Å². The molecule has 4 rings (SSSR count). The summed E-state index contributed by atoms with van der Waals surface area (Å²) in [6.45, 7) is 1.26. The average Bonchev–Trinajstić information content (AvgIpc) is 3.63. The minimum absolute atomic E-state index is 0.153. The first kappa shape index (κ1) is 19.6. The topological polar surface area (TPSA) is 92.1 Å². The molecule has 1 heterocycles. The Bertz CT molecular complexity index is 1150. The average molecular weight is 399 g/mol.